The minimum atomic E-state index is 0.215. The van der Waals surface area contributed by atoms with Crippen LogP contribution in [0, 0.1) is 11.3 Å². The summed E-state index contributed by atoms with van der Waals surface area (Å²) in [6, 6.07) is 0. The Labute approximate surface area is 94.8 Å². The van der Waals surface area contributed by atoms with Crippen molar-refractivity contribution in [2.45, 2.75) is 47.5 Å². The van der Waals surface area contributed by atoms with Crippen LogP contribution in [-0.4, -0.2) is 0 Å². The van der Waals surface area contributed by atoms with Gasteiger partial charge in [0.15, 0.2) is 0 Å². The molecule has 0 saturated carbocycles. The van der Waals surface area contributed by atoms with E-state index in [9.17, 15) is 0 Å². The summed E-state index contributed by atoms with van der Waals surface area (Å²) in [7, 11) is 0. The van der Waals surface area contributed by atoms with E-state index in [1.807, 2.05) is 0 Å². The number of hydrogen-bond acceptors (Lipinski definition) is 0. The SMILES string of the molecule is C=C[C@@]1(C)CCC(=C(C)C)C=C1C(C)C. The Bertz CT molecular complexity index is 311. The van der Waals surface area contributed by atoms with Crippen molar-refractivity contribution in [3.8, 4) is 0 Å². The Morgan fingerprint density at radius 1 is 1.47 bits per heavy atom. The van der Waals surface area contributed by atoms with Crippen molar-refractivity contribution < 1.29 is 0 Å². The average molecular weight is 204 g/mol. The van der Waals surface area contributed by atoms with Gasteiger partial charge >= 0.3 is 0 Å². The third-order valence-electron chi connectivity index (χ3n) is 3.62. The summed E-state index contributed by atoms with van der Waals surface area (Å²) in [5, 5.41) is 0. The summed E-state index contributed by atoms with van der Waals surface area (Å²) in [5.41, 5.74) is 4.74. The number of allylic oxidation sites excluding steroid dienone is 5. The van der Waals surface area contributed by atoms with Crippen molar-refractivity contribution in [3.05, 3.63) is 35.5 Å². The minimum Gasteiger partial charge on any atom is -0.102 e. The lowest BCUT2D eigenvalue weighted by Crippen LogP contribution is -2.23. The molecule has 0 aromatic heterocycles. The molecule has 1 aliphatic rings. The molecule has 0 nitrogen and oxygen atoms in total. The lowest BCUT2D eigenvalue weighted by Gasteiger charge is -2.36. The molecule has 0 aliphatic heterocycles. The van der Waals surface area contributed by atoms with Crippen molar-refractivity contribution in [2.75, 3.05) is 0 Å². The van der Waals surface area contributed by atoms with Crippen LogP contribution in [0.2, 0.25) is 0 Å². The first kappa shape index (κ1) is 12.3. The minimum absolute atomic E-state index is 0.215. The van der Waals surface area contributed by atoms with Crippen LogP contribution in [-0.2, 0) is 0 Å². The molecule has 0 fully saturated rings. The predicted molar refractivity (Wildman–Crippen MR) is 68.8 cm³/mol. The molecule has 0 aromatic rings. The first-order chi connectivity index (χ1) is 6.90. The molecule has 0 unspecified atom stereocenters. The zero-order valence-corrected chi connectivity index (χ0v) is 10.9. The van der Waals surface area contributed by atoms with Crippen LogP contribution in [0.15, 0.2) is 35.5 Å². The highest BCUT2D eigenvalue weighted by Crippen LogP contribution is 2.43. The molecule has 0 spiro atoms. The number of hydrogen-bond donors (Lipinski definition) is 0. The number of rotatable bonds is 2. The molecule has 0 N–H and O–H groups in total. The van der Waals surface area contributed by atoms with Crippen LogP contribution in [0.3, 0.4) is 0 Å². The average Bonchev–Trinajstić information content (AvgIpc) is 2.17. The fourth-order valence-corrected chi connectivity index (χ4v) is 2.40. The van der Waals surface area contributed by atoms with E-state index >= 15 is 0 Å². The molecule has 0 heterocycles. The summed E-state index contributed by atoms with van der Waals surface area (Å²) in [5.74, 6) is 0.614. The molecule has 1 aliphatic carbocycles. The highest BCUT2D eigenvalue weighted by Gasteiger charge is 2.30. The Morgan fingerprint density at radius 3 is 2.47 bits per heavy atom. The molecule has 15 heavy (non-hydrogen) atoms. The maximum absolute atomic E-state index is 4.00. The van der Waals surface area contributed by atoms with E-state index in [1.54, 1.807) is 5.57 Å². The van der Waals surface area contributed by atoms with Gasteiger partial charge in [-0.2, -0.15) is 0 Å². The fraction of sp³-hybridized carbons (Fsp3) is 0.600. The summed E-state index contributed by atoms with van der Waals surface area (Å²) >= 11 is 0. The van der Waals surface area contributed by atoms with Crippen molar-refractivity contribution in [2.24, 2.45) is 11.3 Å². The molecule has 0 amide bonds. The topological polar surface area (TPSA) is 0 Å². The van der Waals surface area contributed by atoms with Gasteiger partial charge < -0.3 is 0 Å². The molecule has 1 rings (SSSR count). The molecule has 0 saturated heterocycles. The molecular formula is C15H24. The Kier molecular flexibility index (Phi) is 3.59. The van der Waals surface area contributed by atoms with Crippen molar-refractivity contribution >= 4 is 0 Å². The summed E-state index contributed by atoms with van der Waals surface area (Å²) in [6.07, 6.45) is 6.94. The second-order valence-electron chi connectivity index (χ2n) is 5.40. The largest absolute Gasteiger partial charge is 0.102 e. The van der Waals surface area contributed by atoms with E-state index in [0.717, 1.165) is 0 Å². The summed E-state index contributed by atoms with van der Waals surface area (Å²) < 4.78 is 0. The van der Waals surface area contributed by atoms with Gasteiger partial charge in [0.1, 0.15) is 0 Å². The zero-order valence-electron chi connectivity index (χ0n) is 10.9. The quantitative estimate of drug-likeness (QED) is 0.562. The van der Waals surface area contributed by atoms with E-state index in [4.69, 9.17) is 0 Å². The van der Waals surface area contributed by atoms with Gasteiger partial charge in [-0.25, -0.2) is 0 Å². The van der Waals surface area contributed by atoms with Crippen molar-refractivity contribution in [1.29, 1.82) is 0 Å². The second-order valence-corrected chi connectivity index (χ2v) is 5.40. The first-order valence-corrected chi connectivity index (χ1v) is 5.92. The van der Waals surface area contributed by atoms with Crippen LogP contribution in [0.4, 0.5) is 0 Å². The van der Waals surface area contributed by atoms with E-state index in [0.29, 0.717) is 5.92 Å². The van der Waals surface area contributed by atoms with Gasteiger partial charge in [-0.05, 0) is 38.2 Å². The van der Waals surface area contributed by atoms with Gasteiger partial charge in [0.2, 0.25) is 0 Å². The highest BCUT2D eigenvalue weighted by molar-refractivity contribution is 5.37. The van der Waals surface area contributed by atoms with Crippen LogP contribution in [0.25, 0.3) is 0 Å². The Hall–Kier alpha value is -0.780. The lowest BCUT2D eigenvalue weighted by molar-refractivity contribution is 0.411. The molecule has 1 atom stereocenters. The van der Waals surface area contributed by atoms with E-state index in [1.165, 1.54) is 24.0 Å². The summed E-state index contributed by atoms with van der Waals surface area (Å²) in [4.78, 5) is 0. The van der Waals surface area contributed by atoms with Gasteiger partial charge in [0.25, 0.3) is 0 Å². The molecule has 0 radical (unpaired) electrons. The molecule has 0 bridgehead atoms. The van der Waals surface area contributed by atoms with Gasteiger partial charge in [0.05, 0.1) is 0 Å². The van der Waals surface area contributed by atoms with E-state index in [-0.39, 0.29) is 5.41 Å². The van der Waals surface area contributed by atoms with E-state index in [2.05, 4.69) is 53.3 Å². The molecule has 84 valence electrons. The van der Waals surface area contributed by atoms with Crippen LogP contribution in [0.1, 0.15) is 47.5 Å². The molecule has 0 aromatic carbocycles. The predicted octanol–water partition coefficient (Wildman–Crippen LogP) is 4.89. The summed E-state index contributed by atoms with van der Waals surface area (Å²) in [6.45, 7) is 15.3. The maximum Gasteiger partial charge on any atom is 0.00687 e. The zero-order chi connectivity index (χ0) is 11.6. The second kappa shape index (κ2) is 4.38. The lowest BCUT2D eigenvalue weighted by atomic mass is 9.69. The molecular weight excluding hydrogens is 180 g/mol. The standard InChI is InChI=1S/C15H24/c1-7-15(6)9-8-13(11(2)3)10-14(15)12(4)5/h7,10,12H,1,8-9H2,2-6H3/t15-/m0/s1. The Balaban J connectivity index is 3.19. The van der Waals surface area contributed by atoms with Gasteiger partial charge in [0, 0.05) is 5.41 Å². The third kappa shape index (κ3) is 2.42. The van der Waals surface area contributed by atoms with Gasteiger partial charge in [-0.3, -0.25) is 0 Å². The highest BCUT2D eigenvalue weighted by atomic mass is 14.3. The first-order valence-electron chi connectivity index (χ1n) is 5.92. The van der Waals surface area contributed by atoms with E-state index < -0.39 is 0 Å². The van der Waals surface area contributed by atoms with Gasteiger partial charge in [-0.15, -0.1) is 6.58 Å². The van der Waals surface area contributed by atoms with Gasteiger partial charge in [-0.1, -0.05) is 44.1 Å². The van der Waals surface area contributed by atoms with Crippen LogP contribution in [0.5, 0.6) is 0 Å². The van der Waals surface area contributed by atoms with Crippen LogP contribution >= 0.6 is 0 Å². The monoisotopic (exact) mass is 204 g/mol. The molecule has 0 heteroatoms. The normalized spacial score (nSPS) is 26.5. The smallest absolute Gasteiger partial charge is 0.00687 e. The van der Waals surface area contributed by atoms with Crippen molar-refractivity contribution in [3.63, 3.8) is 0 Å². The Morgan fingerprint density at radius 2 is 2.07 bits per heavy atom. The maximum atomic E-state index is 4.00. The third-order valence-corrected chi connectivity index (χ3v) is 3.62. The van der Waals surface area contributed by atoms with Crippen LogP contribution < -0.4 is 0 Å². The fourth-order valence-electron chi connectivity index (χ4n) is 2.40. The van der Waals surface area contributed by atoms with Crippen molar-refractivity contribution in [1.82, 2.24) is 0 Å².